The number of aromatic amines is 1. The third-order valence-electron chi connectivity index (χ3n) is 5.14. The molecule has 4 rings (SSSR count). The lowest BCUT2D eigenvalue weighted by atomic mass is 10.1. The number of piperazine rings is 1. The Morgan fingerprint density at radius 2 is 1.70 bits per heavy atom. The van der Waals surface area contributed by atoms with Crippen LogP contribution in [0.1, 0.15) is 5.56 Å². The Bertz CT molecular complexity index is 1110. The van der Waals surface area contributed by atoms with E-state index >= 15 is 0 Å². The summed E-state index contributed by atoms with van der Waals surface area (Å²) in [6.07, 6.45) is 1.61. The fourth-order valence-corrected chi connectivity index (χ4v) is 3.35. The Kier molecular flexibility index (Phi) is 5.44. The molecule has 30 heavy (non-hydrogen) atoms. The molecule has 0 radical (unpaired) electrons. The summed E-state index contributed by atoms with van der Waals surface area (Å²) in [5.74, 6) is 0. The number of aromatic nitrogens is 2. The average Bonchev–Trinajstić information content (AvgIpc) is 3.10. The number of nitro benzene ring substituents is 1. The normalized spacial score (nSPS) is 15.0. The van der Waals surface area contributed by atoms with Crippen LogP contribution in [0.4, 0.5) is 5.69 Å². The average molecular weight is 406 g/mol. The van der Waals surface area contributed by atoms with E-state index in [4.69, 9.17) is 0 Å². The number of nitro groups is 1. The minimum absolute atomic E-state index is 0.0292. The van der Waals surface area contributed by atoms with Crippen LogP contribution in [0.25, 0.3) is 16.9 Å². The maximum atomic E-state index is 13.2. The summed E-state index contributed by atoms with van der Waals surface area (Å²) in [4.78, 5) is 25.9. The molecular formula is C21H22N6O3. The van der Waals surface area contributed by atoms with Crippen LogP contribution < -0.4 is 5.56 Å². The van der Waals surface area contributed by atoms with Crippen LogP contribution in [0.15, 0.2) is 64.5 Å². The molecular weight excluding hydrogens is 384 g/mol. The van der Waals surface area contributed by atoms with Gasteiger partial charge in [-0.05, 0) is 19.2 Å². The van der Waals surface area contributed by atoms with Crippen LogP contribution in [0.3, 0.4) is 0 Å². The first-order valence-corrected chi connectivity index (χ1v) is 9.65. The minimum Gasteiger partial charge on any atom is -0.303 e. The van der Waals surface area contributed by atoms with E-state index in [-0.39, 0.29) is 11.2 Å². The van der Waals surface area contributed by atoms with Gasteiger partial charge in [0.1, 0.15) is 0 Å². The maximum Gasteiger partial charge on any atom is 0.280 e. The number of H-pyrrole nitrogens is 1. The van der Waals surface area contributed by atoms with Crippen molar-refractivity contribution in [2.45, 2.75) is 0 Å². The van der Waals surface area contributed by atoms with E-state index in [1.165, 1.54) is 16.8 Å². The highest BCUT2D eigenvalue weighted by Crippen LogP contribution is 2.21. The van der Waals surface area contributed by atoms with E-state index in [1.807, 2.05) is 35.3 Å². The first kappa shape index (κ1) is 19.6. The van der Waals surface area contributed by atoms with Gasteiger partial charge in [0.25, 0.3) is 11.2 Å². The molecule has 1 aliphatic heterocycles. The molecule has 2 aromatic carbocycles. The summed E-state index contributed by atoms with van der Waals surface area (Å²) in [5, 5.41) is 20.6. The van der Waals surface area contributed by atoms with Crippen molar-refractivity contribution in [2.75, 3.05) is 33.2 Å². The molecule has 9 heteroatoms. The third kappa shape index (κ3) is 4.01. The summed E-state index contributed by atoms with van der Waals surface area (Å²) >= 11 is 0. The largest absolute Gasteiger partial charge is 0.303 e. The zero-order valence-corrected chi connectivity index (χ0v) is 16.6. The van der Waals surface area contributed by atoms with Crippen LogP contribution in [-0.2, 0) is 0 Å². The maximum absolute atomic E-state index is 13.2. The number of benzene rings is 2. The molecule has 0 atom stereocenters. The number of non-ortho nitro benzene ring substituents is 1. The van der Waals surface area contributed by atoms with Gasteiger partial charge in [-0.3, -0.25) is 25.0 Å². The molecule has 0 saturated carbocycles. The number of hydrogen-bond acceptors (Lipinski definition) is 6. The van der Waals surface area contributed by atoms with Gasteiger partial charge < -0.3 is 4.90 Å². The molecule has 154 valence electrons. The number of nitrogens with one attached hydrogen (secondary N) is 1. The predicted molar refractivity (Wildman–Crippen MR) is 115 cm³/mol. The van der Waals surface area contributed by atoms with E-state index in [2.05, 4.69) is 22.1 Å². The molecule has 1 saturated heterocycles. The lowest BCUT2D eigenvalue weighted by Gasteiger charge is -2.30. The number of hydrogen-bond donors (Lipinski definition) is 1. The monoisotopic (exact) mass is 406 g/mol. The van der Waals surface area contributed by atoms with Crippen molar-refractivity contribution >= 4 is 11.9 Å². The van der Waals surface area contributed by atoms with Crippen molar-refractivity contribution in [1.29, 1.82) is 0 Å². The lowest BCUT2D eigenvalue weighted by molar-refractivity contribution is -0.384. The Balaban J connectivity index is 1.74. The second-order valence-electron chi connectivity index (χ2n) is 7.18. The van der Waals surface area contributed by atoms with Crippen molar-refractivity contribution < 1.29 is 4.92 Å². The fraction of sp³-hybridized carbons (Fsp3) is 0.238. The van der Waals surface area contributed by atoms with Gasteiger partial charge in [0.05, 0.1) is 28.1 Å². The number of hydrazone groups is 1. The molecule has 9 nitrogen and oxygen atoms in total. The molecule has 0 aliphatic carbocycles. The van der Waals surface area contributed by atoms with Crippen molar-refractivity contribution in [3.8, 4) is 16.9 Å². The summed E-state index contributed by atoms with van der Waals surface area (Å²) < 4.78 is 1.39. The van der Waals surface area contributed by atoms with E-state index in [0.29, 0.717) is 16.9 Å². The second kappa shape index (κ2) is 8.34. The quantitative estimate of drug-likeness (QED) is 0.398. The van der Waals surface area contributed by atoms with Crippen molar-refractivity contribution in [2.24, 2.45) is 5.10 Å². The van der Waals surface area contributed by atoms with Crippen molar-refractivity contribution in [3.05, 3.63) is 80.6 Å². The van der Waals surface area contributed by atoms with E-state index < -0.39 is 4.92 Å². The van der Waals surface area contributed by atoms with E-state index in [0.717, 1.165) is 31.7 Å². The Morgan fingerprint density at radius 1 is 1.03 bits per heavy atom. The highest BCUT2D eigenvalue weighted by atomic mass is 16.6. The van der Waals surface area contributed by atoms with Gasteiger partial charge in [-0.15, -0.1) is 0 Å². The van der Waals surface area contributed by atoms with Gasteiger partial charge in [-0.1, -0.05) is 30.3 Å². The minimum atomic E-state index is -0.467. The van der Waals surface area contributed by atoms with Crippen molar-refractivity contribution in [1.82, 2.24) is 19.7 Å². The van der Waals surface area contributed by atoms with Crippen LogP contribution in [0, 0.1) is 10.1 Å². The fourth-order valence-electron chi connectivity index (χ4n) is 3.35. The standard InChI is InChI=1S/C21H22N6O3/c1-24-11-13-25(14-12-24)22-15-19-20(16-5-3-2-4-6-16)23-26(21(19)28)17-7-9-18(10-8-17)27(29)30/h2-10,15,23H,11-14H2,1H3. The number of rotatable bonds is 5. The van der Waals surface area contributed by atoms with Crippen LogP contribution in [0.5, 0.6) is 0 Å². The zero-order valence-electron chi connectivity index (χ0n) is 16.6. The lowest BCUT2D eigenvalue weighted by Crippen LogP contribution is -2.41. The molecule has 3 aromatic rings. The van der Waals surface area contributed by atoms with Gasteiger partial charge in [-0.25, -0.2) is 4.68 Å². The highest BCUT2D eigenvalue weighted by molar-refractivity contribution is 5.88. The molecule has 1 N–H and O–H groups in total. The molecule has 0 bridgehead atoms. The Morgan fingerprint density at radius 3 is 2.33 bits per heavy atom. The van der Waals surface area contributed by atoms with Gasteiger partial charge in [0, 0.05) is 43.9 Å². The summed E-state index contributed by atoms with van der Waals surface area (Å²) in [6, 6.07) is 15.4. The summed E-state index contributed by atoms with van der Waals surface area (Å²) in [7, 11) is 2.07. The highest BCUT2D eigenvalue weighted by Gasteiger charge is 2.17. The molecule has 1 fully saturated rings. The van der Waals surface area contributed by atoms with Crippen molar-refractivity contribution in [3.63, 3.8) is 0 Å². The summed E-state index contributed by atoms with van der Waals surface area (Å²) in [5.41, 5.74) is 2.17. The first-order valence-electron chi connectivity index (χ1n) is 9.65. The van der Waals surface area contributed by atoms with Gasteiger partial charge in [-0.2, -0.15) is 5.10 Å². The number of nitrogens with zero attached hydrogens (tertiary/aromatic N) is 5. The molecule has 1 aromatic heterocycles. The zero-order chi connectivity index (χ0) is 21.1. The van der Waals surface area contributed by atoms with Crippen LogP contribution >= 0.6 is 0 Å². The Hall–Kier alpha value is -3.72. The van der Waals surface area contributed by atoms with E-state index in [9.17, 15) is 14.9 Å². The Labute approximate surface area is 173 Å². The molecule has 1 aliphatic rings. The topological polar surface area (TPSA) is 99.8 Å². The number of likely N-dealkylation sites (N-methyl/N-ethyl adjacent to an activating group) is 1. The van der Waals surface area contributed by atoms with Crippen LogP contribution in [0.2, 0.25) is 0 Å². The van der Waals surface area contributed by atoms with Gasteiger partial charge in [0.2, 0.25) is 0 Å². The third-order valence-corrected chi connectivity index (χ3v) is 5.14. The molecule has 2 heterocycles. The summed E-state index contributed by atoms with van der Waals surface area (Å²) in [6.45, 7) is 3.44. The molecule has 0 amide bonds. The first-order chi connectivity index (χ1) is 14.5. The smallest absolute Gasteiger partial charge is 0.280 e. The predicted octanol–water partition coefficient (Wildman–Crippen LogP) is 2.32. The van der Waals surface area contributed by atoms with Gasteiger partial charge >= 0.3 is 0 Å². The van der Waals surface area contributed by atoms with Gasteiger partial charge in [0.15, 0.2) is 0 Å². The SMILES string of the molecule is CN1CCN(N=Cc2c(-c3ccccc3)[nH]n(-c3ccc([N+](=O)[O-])cc3)c2=O)CC1. The second-order valence-corrected chi connectivity index (χ2v) is 7.18. The molecule has 0 spiro atoms. The molecule has 0 unspecified atom stereocenters. The van der Waals surface area contributed by atoms with E-state index in [1.54, 1.807) is 18.3 Å². The van der Waals surface area contributed by atoms with Crippen LogP contribution in [-0.4, -0.2) is 64.1 Å².